The zero-order chi connectivity index (χ0) is 39.1. The quantitative estimate of drug-likeness (QED) is 0.147. The molecule has 6 unspecified atom stereocenters. The second-order valence-electron chi connectivity index (χ2n) is 16.9. The van der Waals surface area contributed by atoms with E-state index in [4.69, 9.17) is 19.9 Å². The van der Waals surface area contributed by atoms with Crippen LogP contribution in [0.1, 0.15) is 79.7 Å². The van der Waals surface area contributed by atoms with E-state index in [1.165, 1.54) is 16.7 Å². The van der Waals surface area contributed by atoms with E-state index in [1.54, 1.807) is 6.07 Å². The molecule has 0 amide bonds. The van der Waals surface area contributed by atoms with E-state index < -0.39 is 12.3 Å². The first kappa shape index (κ1) is 38.0. The molecule has 9 nitrogen and oxygen atoms in total. The molecule has 1 saturated heterocycles. The zero-order valence-corrected chi connectivity index (χ0v) is 33.3. The summed E-state index contributed by atoms with van der Waals surface area (Å²) in [5.41, 5.74) is 15.8. The van der Waals surface area contributed by atoms with Gasteiger partial charge in [-0.05, 0) is 122 Å². The van der Waals surface area contributed by atoms with Crippen molar-refractivity contribution in [1.29, 1.82) is 0 Å². The van der Waals surface area contributed by atoms with Crippen LogP contribution in [0.25, 0.3) is 16.6 Å². The van der Waals surface area contributed by atoms with Crippen LogP contribution in [0.2, 0.25) is 0 Å². The van der Waals surface area contributed by atoms with Crippen molar-refractivity contribution < 1.29 is 24.4 Å². The standard InChI is InChI=1S/C48H56N4O5/c1-30-6-5-8-38-23-37(53)15-11-31-12-17-44(54)45(20-31)57-27-34-22-36(48-18-19-55-28-35(48)14-13-32-7-3-4-9-43(32)48)21-33-25-52(26-41(33)34)47-42(29-56-38)39(16-10-30)40(24-50-2)46(49)51-47/h3-4,7,9,12,17,20-22,25-26,30,35,37-38,46,50-51,53-54H,5-6,8,11,13-15,18-19,23-24,27-29,49H2,1-2H3. The number of fused-ring (bicyclic) bond motifs is 9. The van der Waals surface area contributed by atoms with Gasteiger partial charge >= 0.3 is 0 Å². The summed E-state index contributed by atoms with van der Waals surface area (Å²) in [5.74, 6) is 9.11. The van der Waals surface area contributed by atoms with Gasteiger partial charge in [-0.2, -0.15) is 0 Å². The number of rotatable bonds is 3. The molecule has 6 atom stereocenters. The molecule has 9 rings (SSSR count). The fourth-order valence-electron chi connectivity index (χ4n) is 10.2. The molecule has 298 valence electrons. The third-order valence-corrected chi connectivity index (χ3v) is 13.3. The van der Waals surface area contributed by atoms with Crippen LogP contribution in [0.15, 0.2) is 83.7 Å². The molecule has 6 N–H and O–H groups in total. The van der Waals surface area contributed by atoms with Crippen molar-refractivity contribution in [2.45, 2.75) is 95.1 Å². The lowest BCUT2D eigenvalue weighted by Gasteiger charge is -2.49. The van der Waals surface area contributed by atoms with Crippen molar-refractivity contribution in [3.63, 3.8) is 0 Å². The monoisotopic (exact) mass is 768 g/mol. The minimum atomic E-state index is -0.548. The Morgan fingerprint density at radius 1 is 1.02 bits per heavy atom. The molecule has 9 heteroatoms. The van der Waals surface area contributed by atoms with Crippen molar-refractivity contribution in [3.05, 3.63) is 112 Å². The molecule has 1 aromatic heterocycles. The van der Waals surface area contributed by atoms with Crippen LogP contribution in [0, 0.1) is 23.7 Å². The van der Waals surface area contributed by atoms with Gasteiger partial charge in [0.1, 0.15) is 18.6 Å². The van der Waals surface area contributed by atoms with Crippen molar-refractivity contribution in [1.82, 2.24) is 15.2 Å². The number of hydrogen-bond acceptors (Lipinski definition) is 8. The molecule has 5 aliphatic rings. The molecule has 0 saturated carbocycles. The minimum absolute atomic E-state index is 0.101. The Morgan fingerprint density at radius 3 is 2.81 bits per heavy atom. The Hall–Kier alpha value is -4.56. The van der Waals surface area contributed by atoms with Gasteiger partial charge in [0.15, 0.2) is 11.5 Å². The molecule has 4 aromatic rings. The number of hydrogen-bond donors (Lipinski definition) is 5. The number of aromatic hydroxyl groups is 1. The molecular formula is C48H56N4O5. The van der Waals surface area contributed by atoms with E-state index in [9.17, 15) is 10.2 Å². The summed E-state index contributed by atoms with van der Waals surface area (Å²) in [6, 6.07) is 19.3. The fourth-order valence-corrected chi connectivity index (χ4v) is 10.2. The largest absolute Gasteiger partial charge is 0.504 e. The molecule has 4 aliphatic heterocycles. The van der Waals surface area contributed by atoms with E-state index >= 15 is 0 Å². The maximum Gasteiger partial charge on any atom is 0.161 e. The Labute approximate surface area is 336 Å². The number of aliphatic hydroxyl groups is 1. The van der Waals surface area contributed by atoms with Gasteiger partial charge in [0, 0.05) is 58.8 Å². The predicted octanol–water partition coefficient (Wildman–Crippen LogP) is 6.67. The minimum Gasteiger partial charge on any atom is -0.504 e. The lowest BCUT2D eigenvalue weighted by Crippen LogP contribution is -2.47. The van der Waals surface area contributed by atoms with Crippen molar-refractivity contribution in [3.8, 4) is 23.3 Å². The lowest BCUT2D eigenvalue weighted by molar-refractivity contribution is 0.00498. The highest BCUT2D eigenvalue weighted by molar-refractivity contribution is 5.89. The summed E-state index contributed by atoms with van der Waals surface area (Å²) in [7, 11) is 1.94. The molecule has 5 heterocycles. The Morgan fingerprint density at radius 2 is 1.91 bits per heavy atom. The van der Waals surface area contributed by atoms with Gasteiger partial charge in [-0.25, -0.2) is 0 Å². The molecule has 57 heavy (non-hydrogen) atoms. The van der Waals surface area contributed by atoms with Crippen LogP contribution in [0.4, 0.5) is 0 Å². The molecule has 1 fully saturated rings. The Kier molecular flexibility index (Phi) is 10.7. The second kappa shape index (κ2) is 16.0. The summed E-state index contributed by atoms with van der Waals surface area (Å²) in [6.45, 7) is 4.81. The lowest BCUT2D eigenvalue weighted by atomic mass is 9.57. The van der Waals surface area contributed by atoms with Gasteiger partial charge in [-0.1, -0.05) is 55.2 Å². The van der Waals surface area contributed by atoms with E-state index in [2.05, 4.69) is 82.8 Å². The molecule has 0 spiro atoms. The average molecular weight is 769 g/mol. The van der Waals surface area contributed by atoms with Crippen LogP contribution in [-0.4, -0.2) is 66.6 Å². The number of benzene rings is 3. The van der Waals surface area contributed by atoms with E-state index in [0.29, 0.717) is 50.7 Å². The SMILES string of the molecule is CNCC1=C2C#CC(C)CCCC3CC(O)CCc4ccc(O)c(c4)OCc4cc(C56CCOCC5CCc5ccccc56)cc5cn(cc45)C(=C2CO3)NC1N. The van der Waals surface area contributed by atoms with Crippen molar-refractivity contribution >= 4 is 16.6 Å². The van der Waals surface area contributed by atoms with Gasteiger partial charge in [0.05, 0.1) is 25.4 Å². The van der Waals surface area contributed by atoms with E-state index in [1.807, 2.05) is 19.2 Å². The summed E-state index contributed by atoms with van der Waals surface area (Å²) in [4.78, 5) is 0. The number of nitrogens with zero attached hydrogens (tertiary/aromatic N) is 1. The third kappa shape index (κ3) is 7.28. The number of dihydropyridines is 1. The molecule has 6 bridgehead atoms. The number of nitrogens with two attached hydrogens (primary N) is 1. The third-order valence-electron chi connectivity index (χ3n) is 13.3. The van der Waals surface area contributed by atoms with Crippen LogP contribution in [0.5, 0.6) is 11.5 Å². The molecular weight excluding hydrogens is 713 g/mol. The van der Waals surface area contributed by atoms with Gasteiger partial charge in [0.25, 0.3) is 0 Å². The predicted molar refractivity (Wildman–Crippen MR) is 224 cm³/mol. The maximum atomic E-state index is 11.4. The van der Waals surface area contributed by atoms with Crippen LogP contribution >= 0.6 is 0 Å². The summed E-state index contributed by atoms with van der Waals surface area (Å²) in [5, 5.41) is 31.6. The van der Waals surface area contributed by atoms with E-state index in [-0.39, 0.29) is 29.8 Å². The van der Waals surface area contributed by atoms with Gasteiger partial charge in [-0.3, -0.25) is 0 Å². The number of phenols is 1. The summed E-state index contributed by atoms with van der Waals surface area (Å²) in [6.07, 6.45) is 10.8. The van der Waals surface area contributed by atoms with Gasteiger partial charge < -0.3 is 45.4 Å². The van der Waals surface area contributed by atoms with Crippen LogP contribution in [0.3, 0.4) is 0 Å². The topological polar surface area (TPSA) is 123 Å². The van der Waals surface area contributed by atoms with Crippen molar-refractivity contribution in [2.24, 2.45) is 17.6 Å². The number of nitrogens with one attached hydrogen (secondary N) is 2. The molecule has 1 aliphatic carbocycles. The first-order valence-corrected chi connectivity index (χ1v) is 21.0. The van der Waals surface area contributed by atoms with Crippen LogP contribution in [-0.2, 0) is 34.3 Å². The molecule has 3 aromatic carbocycles. The van der Waals surface area contributed by atoms with Gasteiger partial charge in [-0.15, -0.1) is 0 Å². The number of aliphatic hydroxyl groups excluding tert-OH is 1. The summed E-state index contributed by atoms with van der Waals surface area (Å²) >= 11 is 0. The smallest absolute Gasteiger partial charge is 0.161 e. The number of ether oxygens (including phenoxy) is 3. The Balaban J connectivity index is 1.26. The first-order chi connectivity index (χ1) is 27.8. The Bertz CT molecular complexity index is 2280. The number of likely N-dealkylation sites (N-methyl/N-ethyl adjacent to an activating group) is 1. The fraction of sp³-hybridized carbons (Fsp3) is 0.458. The average Bonchev–Trinajstić information content (AvgIpc) is 3.65. The number of aryl methyl sites for hydroxylation is 2. The van der Waals surface area contributed by atoms with Gasteiger partial charge in [0.2, 0.25) is 0 Å². The molecule has 0 radical (unpaired) electrons. The highest BCUT2D eigenvalue weighted by Gasteiger charge is 2.47. The summed E-state index contributed by atoms with van der Waals surface area (Å²) < 4.78 is 21.8. The number of phenolic OH excluding ortho intramolecular Hbond substituents is 1. The number of aromatic nitrogens is 1. The van der Waals surface area contributed by atoms with E-state index in [0.717, 1.165) is 89.6 Å². The second-order valence-corrected chi connectivity index (χ2v) is 16.9. The van der Waals surface area contributed by atoms with Crippen molar-refractivity contribution in [2.75, 3.05) is 33.4 Å². The maximum absolute atomic E-state index is 11.4. The first-order valence-electron chi connectivity index (χ1n) is 21.0. The van der Waals surface area contributed by atoms with Crippen LogP contribution < -0.4 is 21.1 Å². The normalized spacial score (nSPS) is 27.9. The zero-order valence-electron chi connectivity index (χ0n) is 33.3. The highest BCUT2D eigenvalue weighted by atomic mass is 16.5. The highest BCUT2D eigenvalue weighted by Crippen LogP contribution is 2.52.